The molecule has 0 aliphatic rings. The Kier molecular flexibility index (Phi) is 5.45. The third-order valence-electron chi connectivity index (χ3n) is 2.06. The van der Waals surface area contributed by atoms with Gasteiger partial charge in [-0.15, -0.1) is 0 Å². The summed E-state index contributed by atoms with van der Waals surface area (Å²) in [5.41, 5.74) is 6.56. The van der Waals surface area contributed by atoms with Crippen molar-refractivity contribution in [3.05, 3.63) is 24.0 Å². The van der Waals surface area contributed by atoms with Crippen molar-refractivity contribution < 1.29 is 14.3 Å². The molecule has 0 aromatic carbocycles. The highest BCUT2D eigenvalue weighted by Gasteiger charge is 2.08. The standard InChI is InChI=1S/C11H16N2O3/c1-15-6-7-16-5-3-11(14)9-8-13-4-2-10(9)12/h2,4,8H,3,5-7H2,1H3,(H2,12,13). The fourth-order valence-corrected chi connectivity index (χ4v) is 1.18. The Morgan fingerprint density at radius 3 is 2.94 bits per heavy atom. The number of Topliss-reactive ketones (excluding diaryl/α,β-unsaturated/α-hetero) is 1. The Morgan fingerprint density at radius 1 is 1.44 bits per heavy atom. The van der Waals surface area contributed by atoms with Gasteiger partial charge in [-0.25, -0.2) is 0 Å². The minimum absolute atomic E-state index is 0.0528. The average molecular weight is 224 g/mol. The number of ether oxygens (including phenoxy) is 2. The molecule has 0 amide bonds. The minimum atomic E-state index is -0.0528. The van der Waals surface area contributed by atoms with Crippen molar-refractivity contribution in [2.24, 2.45) is 0 Å². The fourth-order valence-electron chi connectivity index (χ4n) is 1.18. The van der Waals surface area contributed by atoms with Crippen LogP contribution in [0.1, 0.15) is 16.8 Å². The SMILES string of the molecule is COCCOCCC(=O)c1cnccc1N. The van der Waals surface area contributed by atoms with Gasteiger partial charge in [-0.1, -0.05) is 0 Å². The van der Waals surface area contributed by atoms with Gasteiger partial charge in [-0.3, -0.25) is 9.78 Å². The molecular weight excluding hydrogens is 208 g/mol. The molecule has 0 saturated carbocycles. The van der Waals surface area contributed by atoms with Crippen molar-refractivity contribution in [1.82, 2.24) is 4.98 Å². The molecule has 0 aliphatic carbocycles. The number of carbonyl (C=O) groups is 1. The fraction of sp³-hybridized carbons (Fsp3) is 0.455. The van der Waals surface area contributed by atoms with Crippen molar-refractivity contribution in [3.63, 3.8) is 0 Å². The Bertz CT molecular complexity index is 342. The number of rotatable bonds is 7. The van der Waals surface area contributed by atoms with Gasteiger partial charge in [-0.05, 0) is 6.07 Å². The molecule has 0 aliphatic heterocycles. The second-order valence-corrected chi connectivity index (χ2v) is 3.24. The maximum atomic E-state index is 11.7. The lowest BCUT2D eigenvalue weighted by molar-refractivity contribution is 0.0641. The molecule has 88 valence electrons. The van der Waals surface area contributed by atoms with E-state index in [1.54, 1.807) is 19.4 Å². The summed E-state index contributed by atoms with van der Waals surface area (Å²) in [4.78, 5) is 15.5. The average Bonchev–Trinajstić information content (AvgIpc) is 2.29. The lowest BCUT2D eigenvalue weighted by Gasteiger charge is -2.04. The number of nitrogens with zero attached hydrogens (tertiary/aromatic N) is 1. The molecule has 0 fully saturated rings. The van der Waals surface area contributed by atoms with E-state index in [-0.39, 0.29) is 5.78 Å². The maximum absolute atomic E-state index is 11.7. The largest absolute Gasteiger partial charge is 0.398 e. The Balaban J connectivity index is 2.33. The van der Waals surface area contributed by atoms with Crippen molar-refractivity contribution in [1.29, 1.82) is 0 Å². The first-order valence-electron chi connectivity index (χ1n) is 5.05. The summed E-state index contributed by atoms with van der Waals surface area (Å²) < 4.78 is 10.0. The lowest BCUT2D eigenvalue weighted by Crippen LogP contribution is -2.10. The van der Waals surface area contributed by atoms with Gasteiger partial charge in [0.05, 0.1) is 25.4 Å². The topological polar surface area (TPSA) is 74.4 Å². The highest BCUT2D eigenvalue weighted by molar-refractivity contribution is 6.00. The molecule has 1 aromatic heterocycles. The van der Waals surface area contributed by atoms with E-state index in [1.165, 1.54) is 6.20 Å². The number of hydrogen-bond acceptors (Lipinski definition) is 5. The van der Waals surface area contributed by atoms with Gasteiger partial charge in [0.2, 0.25) is 0 Å². The van der Waals surface area contributed by atoms with Gasteiger partial charge in [0.15, 0.2) is 5.78 Å². The van der Waals surface area contributed by atoms with Gasteiger partial charge in [-0.2, -0.15) is 0 Å². The van der Waals surface area contributed by atoms with Gasteiger partial charge in [0.25, 0.3) is 0 Å². The van der Waals surface area contributed by atoms with Crippen LogP contribution in [0.15, 0.2) is 18.5 Å². The third-order valence-corrected chi connectivity index (χ3v) is 2.06. The van der Waals surface area contributed by atoms with Crippen molar-refractivity contribution in [3.8, 4) is 0 Å². The predicted octanol–water partition coefficient (Wildman–Crippen LogP) is 0.900. The van der Waals surface area contributed by atoms with Crippen molar-refractivity contribution >= 4 is 11.5 Å². The van der Waals surface area contributed by atoms with E-state index in [2.05, 4.69) is 4.98 Å². The molecule has 1 rings (SSSR count). The van der Waals surface area contributed by atoms with Crippen LogP contribution in [0.3, 0.4) is 0 Å². The molecule has 0 atom stereocenters. The molecule has 16 heavy (non-hydrogen) atoms. The Labute approximate surface area is 94.6 Å². The van der Waals surface area contributed by atoms with Crippen molar-refractivity contribution in [2.45, 2.75) is 6.42 Å². The third kappa shape index (κ3) is 3.96. The summed E-state index contributed by atoms with van der Waals surface area (Å²) in [6, 6.07) is 1.61. The summed E-state index contributed by atoms with van der Waals surface area (Å²) in [6.45, 7) is 1.39. The molecule has 0 spiro atoms. The van der Waals surface area contributed by atoms with E-state index in [4.69, 9.17) is 15.2 Å². The second-order valence-electron chi connectivity index (χ2n) is 3.24. The number of aromatic nitrogens is 1. The maximum Gasteiger partial charge on any atom is 0.168 e. The Morgan fingerprint density at radius 2 is 2.25 bits per heavy atom. The number of pyridine rings is 1. The lowest BCUT2D eigenvalue weighted by atomic mass is 10.1. The number of nitrogens with two attached hydrogens (primary N) is 1. The van der Waals surface area contributed by atoms with Crippen LogP contribution in [0.5, 0.6) is 0 Å². The number of nitrogen functional groups attached to an aromatic ring is 1. The van der Waals surface area contributed by atoms with E-state index >= 15 is 0 Å². The summed E-state index contributed by atoms with van der Waals surface area (Å²) in [5.74, 6) is -0.0528. The zero-order valence-electron chi connectivity index (χ0n) is 9.31. The zero-order chi connectivity index (χ0) is 11.8. The van der Waals surface area contributed by atoms with Crippen LogP contribution in [0.25, 0.3) is 0 Å². The quantitative estimate of drug-likeness (QED) is 0.550. The highest BCUT2D eigenvalue weighted by Crippen LogP contribution is 2.11. The van der Waals surface area contributed by atoms with E-state index < -0.39 is 0 Å². The van der Waals surface area contributed by atoms with Crippen molar-refractivity contribution in [2.75, 3.05) is 32.7 Å². The van der Waals surface area contributed by atoms with Crippen LogP contribution in [0.4, 0.5) is 5.69 Å². The first-order valence-corrected chi connectivity index (χ1v) is 5.05. The van der Waals surface area contributed by atoms with Gasteiger partial charge in [0.1, 0.15) is 0 Å². The molecule has 5 heteroatoms. The van der Waals surface area contributed by atoms with Crippen LogP contribution in [0.2, 0.25) is 0 Å². The molecule has 0 unspecified atom stereocenters. The highest BCUT2D eigenvalue weighted by atomic mass is 16.5. The van der Waals surface area contributed by atoms with Gasteiger partial charge < -0.3 is 15.2 Å². The molecule has 0 saturated heterocycles. The number of carbonyl (C=O) groups excluding carboxylic acids is 1. The van der Waals surface area contributed by atoms with Gasteiger partial charge in [0, 0.05) is 31.6 Å². The number of ketones is 1. The summed E-state index contributed by atoms with van der Waals surface area (Å²) in [7, 11) is 1.60. The monoisotopic (exact) mass is 224 g/mol. The van der Waals surface area contributed by atoms with Crippen LogP contribution < -0.4 is 5.73 Å². The number of anilines is 1. The van der Waals surface area contributed by atoms with E-state index in [9.17, 15) is 4.79 Å². The summed E-state index contributed by atoms with van der Waals surface area (Å²) in [5, 5.41) is 0. The Hall–Kier alpha value is -1.46. The molecule has 1 aromatic rings. The molecule has 0 bridgehead atoms. The van der Waals surface area contributed by atoms with Crippen LogP contribution in [0, 0.1) is 0 Å². The van der Waals surface area contributed by atoms with Gasteiger partial charge >= 0.3 is 0 Å². The zero-order valence-corrected chi connectivity index (χ0v) is 9.31. The normalized spacial score (nSPS) is 10.3. The van der Waals surface area contributed by atoms with E-state index in [1.807, 2.05) is 0 Å². The first-order chi connectivity index (χ1) is 7.75. The minimum Gasteiger partial charge on any atom is -0.398 e. The first kappa shape index (κ1) is 12.6. The summed E-state index contributed by atoms with van der Waals surface area (Å²) in [6.07, 6.45) is 3.34. The van der Waals surface area contributed by atoms with E-state index in [0.29, 0.717) is 37.5 Å². The smallest absolute Gasteiger partial charge is 0.168 e. The molecule has 2 N–H and O–H groups in total. The summed E-state index contributed by atoms with van der Waals surface area (Å²) >= 11 is 0. The van der Waals surface area contributed by atoms with Crippen LogP contribution >= 0.6 is 0 Å². The molecule has 1 heterocycles. The molecule has 5 nitrogen and oxygen atoms in total. The van der Waals surface area contributed by atoms with Crippen LogP contribution in [-0.4, -0.2) is 37.7 Å². The number of methoxy groups -OCH3 is 1. The molecule has 0 radical (unpaired) electrons. The van der Waals surface area contributed by atoms with Crippen LogP contribution in [-0.2, 0) is 9.47 Å². The number of hydrogen-bond donors (Lipinski definition) is 1. The van der Waals surface area contributed by atoms with E-state index in [0.717, 1.165) is 0 Å². The second kappa shape index (κ2) is 6.92. The molecular formula is C11H16N2O3. The predicted molar refractivity (Wildman–Crippen MR) is 60.3 cm³/mol.